The van der Waals surface area contributed by atoms with E-state index in [9.17, 15) is 9.59 Å². The molecule has 1 aromatic rings. The minimum atomic E-state index is -0.801. The van der Waals surface area contributed by atoms with Gasteiger partial charge in [-0.15, -0.1) is 0 Å². The highest BCUT2D eigenvalue weighted by atomic mass is 16.5. The number of nitrogens with zero attached hydrogens (tertiary/aromatic N) is 1. The van der Waals surface area contributed by atoms with E-state index in [-0.39, 0.29) is 39.5 Å². The van der Waals surface area contributed by atoms with Crippen molar-refractivity contribution < 1.29 is 29.3 Å². The molecule has 0 saturated carbocycles. The monoisotopic (exact) mass is 326 g/mol. The molecule has 0 radical (unpaired) electrons. The van der Waals surface area contributed by atoms with Gasteiger partial charge in [0.25, 0.3) is 0 Å². The second kappa shape index (κ2) is 10.4. The molecule has 0 atom stereocenters. The molecule has 0 aliphatic carbocycles. The van der Waals surface area contributed by atoms with Crippen LogP contribution in [0.3, 0.4) is 0 Å². The zero-order chi connectivity index (χ0) is 17.1. The Morgan fingerprint density at radius 3 is 2.17 bits per heavy atom. The Balaban J connectivity index is 2.33. The molecule has 1 rings (SSSR count). The van der Waals surface area contributed by atoms with E-state index in [1.54, 1.807) is 31.4 Å². The smallest absolute Gasteiger partial charge is 0.312 e. The SMILES string of the molecule is COc1ccc(OCCNC(=O)C(=O)N(CCO)CCO)cc1. The molecular weight excluding hydrogens is 304 g/mol. The zero-order valence-electron chi connectivity index (χ0n) is 13.0. The van der Waals surface area contributed by atoms with Crippen molar-refractivity contribution in [3.63, 3.8) is 0 Å². The normalized spacial score (nSPS) is 10.0. The van der Waals surface area contributed by atoms with E-state index in [0.29, 0.717) is 11.5 Å². The Labute approximate surface area is 134 Å². The molecule has 0 spiro atoms. The number of hydrogen-bond acceptors (Lipinski definition) is 6. The fourth-order valence-electron chi connectivity index (χ4n) is 1.78. The lowest BCUT2D eigenvalue weighted by atomic mass is 10.3. The van der Waals surface area contributed by atoms with Gasteiger partial charge in [0.05, 0.1) is 26.9 Å². The third-order valence-electron chi connectivity index (χ3n) is 2.94. The third-order valence-corrected chi connectivity index (χ3v) is 2.94. The van der Waals surface area contributed by atoms with Gasteiger partial charge in [-0.3, -0.25) is 9.59 Å². The van der Waals surface area contributed by atoms with Crippen molar-refractivity contribution in [3.05, 3.63) is 24.3 Å². The number of ether oxygens (including phenoxy) is 2. The molecular formula is C15H22N2O6. The molecule has 0 heterocycles. The van der Waals surface area contributed by atoms with Gasteiger partial charge in [-0.25, -0.2) is 0 Å². The van der Waals surface area contributed by atoms with Gasteiger partial charge in [0.2, 0.25) is 0 Å². The third kappa shape index (κ3) is 6.54. The summed E-state index contributed by atoms with van der Waals surface area (Å²) >= 11 is 0. The van der Waals surface area contributed by atoms with Crippen LogP contribution in [0.1, 0.15) is 0 Å². The summed E-state index contributed by atoms with van der Waals surface area (Å²) in [6, 6.07) is 6.96. The Morgan fingerprint density at radius 1 is 1.09 bits per heavy atom. The average Bonchev–Trinajstić information content (AvgIpc) is 2.58. The van der Waals surface area contributed by atoms with Crippen LogP contribution in [0, 0.1) is 0 Å². The van der Waals surface area contributed by atoms with Crippen LogP contribution in [0.25, 0.3) is 0 Å². The van der Waals surface area contributed by atoms with E-state index < -0.39 is 11.8 Å². The maximum Gasteiger partial charge on any atom is 0.312 e. The zero-order valence-corrected chi connectivity index (χ0v) is 13.0. The lowest BCUT2D eigenvalue weighted by molar-refractivity contribution is -0.146. The minimum Gasteiger partial charge on any atom is -0.497 e. The number of aliphatic hydroxyl groups is 2. The molecule has 0 unspecified atom stereocenters. The summed E-state index contributed by atoms with van der Waals surface area (Å²) in [7, 11) is 1.57. The molecule has 1 aromatic carbocycles. The van der Waals surface area contributed by atoms with Gasteiger partial charge in [-0.2, -0.15) is 0 Å². The number of benzene rings is 1. The van der Waals surface area contributed by atoms with Gasteiger partial charge in [0.1, 0.15) is 18.1 Å². The van der Waals surface area contributed by atoms with Gasteiger partial charge in [0, 0.05) is 13.1 Å². The van der Waals surface area contributed by atoms with Crippen molar-refractivity contribution in [2.24, 2.45) is 0 Å². The van der Waals surface area contributed by atoms with Crippen LogP contribution < -0.4 is 14.8 Å². The number of methoxy groups -OCH3 is 1. The standard InChI is InChI=1S/C15H22N2O6/c1-22-12-2-4-13(5-3-12)23-11-6-16-14(20)15(21)17(7-9-18)8-10-19/h2-5,18-19H,6-11H2,1H3,(H,16,20). The second-order valence-corrected chi connectivity index (χ2v) is 4.52. The molecule has 0 aromatic heterocycles. The topological polar surface area (TPSA) is 108 Å². The molecule has 8 heteroatoms. The van der Waals surface area contributed by atoms with Gasteiger partial charge >= 0.3 is 11.8 Å². The number of carbonyl (C=O) groups is 2. The van der Waals surface area contributed by atoms with E-state index in [2.05, 4.69) is 5.32 Å². The molecule has 0 saturated heterocycles. The van der Waals surface area contributed by atoms with Crippen molar-refractivity contribution in [2.45, 2.75) is 0 Å². The van der Waals surface area contributed by atoms with Crippen molar-refractivity contribution in [2.75, 3.05) is 46.6 Å². The maximum atomic E-state index is 11.8. The summed E-state index contributed by atoms with van der Waals surface area (Å²) in [5.41, 5.74) is 0. The van der Waals surface area contributed by atoms with E-state index in [4.69, 9.17) is 19.7 Å². The number of nitrogens with one attached hydrogen (secondary N) is 1. The average molecular weight is 326 g/mol. The molecule has 23 heavy (non-hydrogen) atoms. The lowest BCUT2D eigenvalue weighted by Crippen LogP contribution is -2.46. The van der Waals surface area contributed by atoms with Gasteiger partial charge in [-0.05, 0) is 24.3 Å². The molecule has 128 valence electrons. The predicted octanol–water partition coefficient (Wildman–Crippen LogP) is -0.997. The van der Waals surface area contributed by atoms with E-state index in [1.165, 1.54) is 0 Å². The first-order valence-electron chi connectivity index (χ1n) is 7.18. The first-order valence-corrected chi connectivity index (χ1v) is 7.18. The first-order chi connectivity index (χ1) is 11.1. The Bertz CT molecular complexity index is 485. The first kappa shape index (κ1) is 18.7. The summed E-state index contributed by atoms with van der Waals surface area (Å²) < 4.78 is 10.4. The number of amides is 2. The summed E-state index contributed by atoms with van der Waals surface area (Å²) in [6.45, 7) is -0.211. The molecule has 2 amide bonds. The molecule has 8 nitrogen and oxygen atoms in total. The molecule has 0 bridgehead atoms. The Hall–Kier alpha value is -2.32. The fraction of sp³-hybridized carbons (Fsp3) is 0.467. The second-order valence-electron chi connectivity index (χ2n) is 4.52. The van der Waals surface area contributed by atoms with Crippen LogP contribution in [0.2, 0.25) is 0 Å². The van der Waals surface area contributed by atoms with Crippen molar-refractivity contribution in [3.8, 4) is 11.5 Å². The van der Waals surface area contributed by atoms with E-state index >= 15 is 0 Å². The van der Waals surface area contributed by atoms with E-state index in [0.717, 1.165) is 4.90 Å². The van der Waals surface area contributed by atoms with Gasteiger partial charge in [-0.1, -0.05) is 0 Å². The fourth-order valence-corrected chi connectivity index (χ4v) is 1.78. The van der Waals surface area contributed by atoms with Crippen LogP contribution >= 0.6 is 0 Å². The highest BCUT2D eigenvalue weighted by molar-refractivity contribution is 6.35. The Kier molecular flexibility index (Phi) is 8.48. The number of aliphatic hydroxyl groups excluding tert-OH is 2. The van der Waals surface area contributed by atoms with E-state index in [1.807, 2.05) is 0 Å². The summed E-state index contributed by atoms with van der Waals surface area (Å²) in [6.07, 6.45) is 0. The van der Waals surface area contributed by atoms with Gasteiger partial charge in [0.15, 0.2) is 0 Å². The number of rotatable bonds is 9. The van der Waals surface area contributed by atoms with Gasteiger partial charge < -0.3 is 29.9 Å². The van der Waals surface area contributed by atoms with Crippen LogP contribution in [-0.2, 0) is 9.59 Å². The summed E-state index contributed by atoms with van der Waals surface area (Å²) in [4.78, 5) is 24.6. The number of hydrogen-bond donors (Lipinski definition) is 3. The molecule has 0 aliphatic rings. The number of carbonyl (C=O) groups excluding carboxylic acids is 2. The van der Waals surface area contributed by atoms with Crippen LogP contribution in [0.15, 0.2) is 24.3 Å². The van der Waals surface area contributed by atoms with Crippen LogP contribution in [0.5, 0.6) is 11.5 Å². The van der Waals surface area contributed by atoms with Crippen molar-refractivity contribution in [1.29, 1.82) is 0 Å². The van der Waals surface area contributed by atoms with Crippen molar-refractivity contribution >= 4 is 11.8 Å². The quantitative estimate of drug-likeness (QED) is 0.397. The largest absolute Gasteiger partial charge is 0.497 e. The van der Waals surface area contributed by atoms with Crippen LogP contribution in [-0.4, -0.2) is 73.5 Å². The molecule has 3 N–H and O–H groups in total. The van der Waals surface area contributed by atoms with Crippen molar-refractivity contribution in [1.82, 2.24) is 10.2 Å². The highest BCUT2D eigenvalue weighted by Crippen LogP contribution is 2.16. The Morgan fingerprint density at radius 2 is 1.65 bits per heavy atom. The highest BCUT2D eigenvalue weighted by Gasteiger charge is 2.20. The maximum absolute atomic E-state index is 11.8. The van der Waals surface area contributed by atoms with Crippen LogP contribution in [0.4, 0.5) is 0 Å². The molecule has 0 fully saturated rings. The lowest BCUT2D eigenvalue weighted by Gasteiger charge is -2.19. The summed E-state index contributed by atoms with van der Waals surface area (Å²) in [5, 5.41) is 20.1. The summed E-state index contributed by atoms with van der Waals surface area (Å²) in [5.74, 6) is -0.263. The predicted molar refractivity (Wildman–Crippen MR) is 82.3 cm³/mol. The molecule has 0 aliphatic heterocycles. The minimum absolute atomic E-state index is 0.00480.